The quantitative estimate of drug-likeness (QED) is 0.845. The highest BCUT2D eigenvalue weighted by Crippen LogP contribution is 2.27. The second-order valence-corrected chi connectivity index (χ2v) is 6.79. The number of carbonyl (C=O) groups excluding carboxylic acids is 1. The molecule has 4 unspecified atom stereocenters. The normalized spacial score (nSPS) is 37.4. The molecule has 110 valence electrons. The Morgan fingerprint density at radius 1 is 1.37 bits per heavy atom. The second kappa shape index (κ2) is 5.80. The summed E-state index contributed by atoms with van der Waals surface area (Å²) in [6.45, 7) is 9.81. The summed E-state index contributed by atoms with van der Waals surface area (Å²) in [7, 11) is 2.18. The molecule has 2 saturated heterocycles. The lowest BCUT2D eigenvalue weighted by Crippen LogP contribution is -2.52. The van der Waals surface area contributed by atoms with Crippen LogP contribution in [-0.2, 0) is 4.79 Å². The highest BCUT2D eigenvalue weighted by Gasteiger charge is 2.41. The van der Waals surface area contributed by atoms with E-state index in [1.807, 2.05) is 6.92 Å². The molecule has 2 aliphatic heterocycles. The molecule has 0 bridgehead atoms. The first-order valence-electron chi connectivity index (χ1n) is 7.68. The fraction of sp³-hybridized carbons (Fsp3) is 0.933. The maximum absolute atomic E-state index is 12.4. The van der Waals surface area contributed by atoms with Crippen LogP contribution in [0.4, 0.5) is 0 Å². The highest BCUT2D eigenvalue weighted by atomic mass is 16.2. The molecule has 1 N–H and O–H groups in total. The molecule has 0 saturated carbocycles. The van der Waals surface area contributed by atoms with Gasteiger partial charge in [-0.05, 0) is 46.1 Å². The van der Waals surface area contributed by atoms with Gasteiger partial charge in [-0.15, -0.1) is 0 Å². The van der Waals surface area contributed by atoms with E-state index in [1.165, 1.54) is 0 Å². The molecule has 0 aromatic heterocycles. The van der Waals surface area contributed by atoms with Crippen molar-refractivity contribution in [2.45, 2.75) is 71.2 Å². The van der Waals surface area contributed by atoms with Crippen LogP contribution < -0.4 is 5.32 Å². The van der Waals surface area contributed by atoms with Crippen LogP contribution in [0.25, 0.3) is 0 Å². The monoisotopic (exact) mass is 267 g/mol. The van der Waals surface area contributed by atoms with Gasteiger partial charge in [0.05, 0.1) is 12.2 Å². The van der Waals surface area contributed by atoms with Crippen LogP contribution in [0.2, 0.25) is 0 Å². The van der Waals surface area contributed by atoms with Crippen molar-refractivity contribution in [3.63, 3.8) is 0 Å². The summed E-state index contributed by atoms with van der Waals surface area (Å²) in [6, 6.07) is 0.973. The smallest absolute Gasteiger partial charge is 0.240 e. The van der Waals surface area contributed by atoms with Gasteiger partial charge in [0.15, 0.2) is 0 Å². The Morgan fingerprint density at radius 2 is 2.05 bits per heavy atom. The zero-order valence-electron chi connectivity index (χ0n) is 13.0. The Morgan fingerprint density at radius 3 is 2.63 bits per heavy atom. The van der Waals surface area contributed by atoms with Crippen LogP contribution in [0.15, 0.2) is 0 Å². The van der Waals surface area contributed by atoms with Crippen molar-refractivity contribution in [2.24, 2.45) is 5.92 Å². The van der Waals surface area contributed by atoms with Crippen molar-refractivity contribution in [3.8, 4) is 0 Å². The average molecular weight is 267 g/mol. The molecule has 19 heavy (non-hydrogen) atoms. The summed E-state index contributed by atoms with van der Waals surface area (Å²) < 4.78 is 0. The number of carbonyl (C=O) groups is 1. The number of nitrogens with zero attached hydrogens (tertiary/aromatic N) is 2. The Hall–Kier alpha value is -0.610. The summed E-state index contributed by atoms with van der Waals surface area (Å²) in [5.74, 6) is 0.911. The van der Waals surface area contributed by atoms with E-state index in [0.29, 0.717) is 23.9 Å². The van der Waals surface area contributed by atoms with E-state index in [-0.39, 0.29) is 12.2 Å². The first-order valence-corrected chi connectivity index (χ1v) is 7.68. The molecule has 0 spiro atoms. The zero-order chi connectivity index (χ0) is 14.2. The third-order valence-electron chi connectivity index (χ3n) is 4.67. The van der Waals surface area contributed by atoms with Crippen molar-refractivity contribution in [1.82, 2.24) is 15.1 Å². The molecular formula is C15H29N3O. The van der Waals surface area contributed by atoms with Crippen molar-refractivity contribution in [2.75, 3.05) is 13.6 Å². The van der Waals surface area contributed by atoms with E-state index >= 15 is 0 Å². The van der Waals surface area contributed by atoms with E-state index < -0.39 is 0 Å². The molecule has 4 heteroatoms. The van der Waals surface area contributed by atoms with E-state index in [9.17, 15) is 4.79 Å². The molecular weight excluding hydrogens is 238 g/mol. The Kier molecular flexibility index (Phi) is 4.51. The minimum absolute atomic E-state index is 0.0151. The fourth-order valence-electron chi connectivity index (χ4n) is 3.40. The molecule has 2 heterocycles. The zero-order valence-corrected chi connectivity index (χ0v) is 13.0. The standard InChI is InChI=1S/C15H29N3O/c1-10(2)8-14-16-12(4)15(19)18(14)13-6-7-17(5)11(3)9-13/h10-14,16H,6-9H2,1-5H3. The lowest BCUT2D eigenvalue weighted by molar-refractivity contribution is -0.133. The topological polar surface area (TPSA) is 35.6 Å². The Balaban J connectivity index is 2.08. The van der Waals surface area contributed by atoms with Gasteiger partial charge in [0.25, 0.3) is 0 Å². The number of piperidine rings is 1. The van der Waals surface area contributed by atoms with Crippen LogP contribution in [-0.4, -0.2) is 53.6 Å². The van der Waals surface area contributed by atoms with Gasteiger partial charge in [0, 0.05) is 18.6 Å². The van der Waals surface area contributed by atoms with E-state index in [0.717, 1.165) is 25.8 Å². The van der Waals surface area contributed by atoms with Gasteiger partial charge in [-0.2, -0.15) is 0 Å². The molecule has 2 fully saturated rings. The number of hydrogen-bond acceptors (Lipinski definition) is 3. The Bertz CT molecular complexity index is 331. The Labute approximate surface area is 117 Å². The predicted molar refractivity (Wildman–Crippen MR) is 77.8 cm³/mol. The van der Waals surface area contributed by atoms with Crippen molar-refractivity contribution in [1.29, 1.82) is 0 Å². The number of nitrogens with one attached hydrogen (secondary N) is 1. The van der Waals surface area contributed by atoms with Crippen LogP contribution in [0, 0.1) is 5.92 Å². The van der Waals surface area contributed by atoms with Gasteiger partial charge < -0.3 is 9.80 Å². The maximum Gasteiger partial charge on any atom is 0.240 e. The summed E-state index contributed by atoms with van der Waals surface area (Å²) in [6.07, 6.45) is 3.50. The molecule has 0 aromatic rings. The lowest BCUT2D eigenvalue weighted by atomic mass is 9.96. The first kappa shape index (κ1) is 14.8. The molecule has 0 radical (unpaired) electrons. The maximum atomic E-state index is 12.4. The largest absolute Gasteiger partial charge is 0.323 e. The van der Waals surface area contributed by atoms with Crippen molar-refractivity contribution in [3.05, 3.63) is 0 Å². The molecule has 0 aromatic carbocycles. The van der Waals surface area contributed by atoms with Gasteiger partial charge in [-0.1, -0.05) is 13.8 Å². The fourth-order valence-corrected chi connectivity index (χ4v) is 3.40. The molecule has 4 atom stereocenters. The summed E-state index contributed by atoms with van der Waals surface area (Å²) in [5, 5.41) is 3.47. The third-order valence-corrected chi connectivity index (χ3v) is 4.67. The summed E-state index contributed by atoms with van der Waals surface area (Å²) >= 11 is 0. The predicted octanol–water partition coefficient (Wildman–Crippen LogP) is 1.66. The first-order chi connectivity index (χ1) is 8.90. The van der Waals surface area contributed by atoms with E-state index in [2.05, 4.69) is 42.9 Å². The van der Waals surface area contributed by atoms with Gasteiger partial charge in [0.2, 0.25) is 5.91 Å². The van der Waals surface area contributed by atoms with Gasteiger partial charge in [0.1, 0.15) is 0 Å². The average Bonchev–Trinajstić information content (AvgIpc) is 2.58. The molecule has 0 aliphatic carbocycles. The molecule has 2 rings (SSSR count). The third kappa shape index (κ3) is 3.11. The summed E-state index contributed by atoms with van der Waals surface area (Å²) in [4.78, 5) is 17.0. The SMILES string of the molecule is CC(C)CC1NC(C)C(=O)N1C1CCN(C)C(C)C1. The minimum atomic E-state index is -0.0151. The van der Waals surface area contributed by atoms with Gasteiger partial charge in [-0.3, -0.25) is 10.1 Å². The summed E-state index contributed by atoms with van der Waals surface area (Å²) in [5.41, 5.74) is 0. The minimum Gasteiger partial charge on any atom is -0.323 e. The van der Waals surface area contributed by atoms with Crippen LogP contribution in [0.1, 0.15) is 47.0 Å². The van der Waals surface area contributed by atoms with Crippen LogP contribution in [0.5, 0.6) is 0 Å². The number of rotatable bonds is 3. The highest BCUT2D eigenvalue weighted by molar-refractivity contribution is 5.84. The second-order valence-electron chi connectivity index (χ2n) is 6.79. The molecule has 4 nitrogen and oxygen atoms in total. The number of amides is 1. The van der Waals surface area contributed by atoms with E-state index in [4.69, 9.17) is 0 Å². The lowest BCUT2D eigenvalue weighted by Gasteiger charge is -2.41. The number of likely N-dealkylation sites (tertiary alicyclic amines) is 1. The number of hydrogen-bond donors (Lipinski definition) is 1. The van der Waals surface area contributed by atoms with Crippen LogP contribution >= 0.6 is 0 Å². The van der Waals surface area contributed by atoms with Gasteiger partial charge in [-0.25, -0.2) is 0 Å². The van der Waals surface area contributed by atoms with Crippen molar-refractivity contribution < 1.29 is 4.79 Å². The van der Waals surface area contributed by atoms with Gasteiger partial charge >= 0.3 is 0 Å². The molecule has 1 amide bonds. The van der Waals surface area contributed by atoms with Crippen LogP contribution in [0.3, 0.4) is 0 Å². The van der Waals surface area contributed by atoms with E-state index in [1.54, 1.807) is 0 Å². The molecule has 2 aliphatic rings. The van der Waals surface area contributed by atoms with Crippen molar-refractivity contribution >= 4 is 5.91 Å².